The first kappa shape index (κ1) is 6.53. The number of ether oxygens (including phenoxy) is 1. The zero-order valence-electron chi connectivity index (χ0n) is 7.10. The number of hydrogen-bond acceptors (Lipinski definition) is 1. The van der Waals surface area contributed by atoms with Gasteiger partial charge in [-0.2, -0.15) is 0 Å². The maximum Gasteiger partial charge on any atom is 0.122 e. The van der Waals surface area contributed by atoms with Gasteiger partial charge >= 0.3 is 0 Å². The molecule has 1 aromatic rings. The fraction of sp³-hybridized carbons (Fsp3) is 0.455. The average molecular weight is 160 g/mol. The molecule has 62 valence electrons. The Balaban J connectivity index is 2.24. The topological polar surface area (TPSA) is 9.23 Å². The van der Waals surface area contributed by atoms with E-state index in [1.807, 2.05) is 0 Å². The maximum atomic E-state index is 5.52. The number of fused-ring (bicyclic) bond motifs is 3. The Morgan fingerprint density at radius 2 is 2.00 bits per heavy atom. The molecule has 1 aliphatic carbocycles. The van der Waals surface area contributed by atoms with Crippen LogP contribution in [0.2, 0.25) is 0 Å². The fourth-order valence-electron chi connectivity index (χ4n) is 2.39. The highest BCUT2D eigenvalue weighted by molar-refractivity contribution is 5.49. The summed E-state index contributed by atoms with van der Waals surface area (Å²) in [7, 11) is 0. The van der Waals surface area contributed by atoms with Gasteiger partial charge in [0.2, 0.25) is 0 Å². The van der Waals surface area contributed by atoms with Crippen LogP contribution in [-0.4, -0.2) is 6.61 Å². The van der Waals surface area contributed by atoms with Crippen molar-refractivity contribution < 1.29 is 4.74 Å². The third-order valence-corrected chi connectivity index (χ3v) is 2.97. The number of benzene rings is 1. The standard InChI is InChI=1S/C11H12O/c1-2-8-4-5-11-10(6-7-12-11)9(8)3-1/h4-5H,1-3,6-7H2. The van der Waals surface area contributed by atoms with Gasteiger partial charge in [-0.3, -0.25) is 0 Å². The van der Waals surface area contributed by atoms with Gasteiger partial charge in [0.25, 0.3) is 0 Å². The molecule has 0 unspecified atom stereocenters. The molecule has 0 saturated heterocycles. The van der Waals surface area contributed by atoms with Crippen LogP contribution in [0.4, 0.5) is 0 Å². The van der Waals surface area contributed by atoms with E-state index in [0.717, 1.165) is 18.8 Å². The molecule has 12 heavy (non-hydrogen) atoms. The summed E-state index contributed by atoms with van der Waals surface area (Å²) in [6.45, 7) is 0.895. The van der Waals surface area contributed by atoms with E-state index >= 15 is 0 Å². The first-order valence-corrected chi connectivity index (χ1v) is 4.71. The van der Waals surface area contributed by atoms with Crippen LogP contribution in [0.5, 0.6) is 5.75 Å². The lowest BCUT2D eigenvalue weighted by Gasteiger charge is -2.04. The normalized spacial score (nSPS) is 18.7. The Morgan fingerprint density at radius 1 is 1.00 bits per heavy atom. The predicted octanol–water partition coefficient (Wildman–Crippen LogP) is 2.11. The van der Waals surface area contributed by atoms with E-state index in [-0.39, 0.29) is 0 Å². The molecule has 0 saturated carbocycles. The van der Waals surface area contributed by atoms with Gasteiger partial charge in [-0.1, -0.05) is 6.07 Å². The molecule has 1 heteroatoms. The van der Waals surface area contributed by atoms with E-state index in [9.17, 15) is 0 Å². The Morgan fingerprint density at radius 3 is 3.00 bits per heavy atom. The molecule has 0 bridgehead atoms. The minimum absolute atomic E-state index is 0.895. The van der Waals surface area contributed by atoms with E-state index in [4.69, 9.17) is 4.74 Å². The maximum absolute atomic E-state index is 5.52. The van der Waals surface area contributed by atoms with Crippen molar-refractivity contribution in [3.63, 3.8) is 0 Å². The molecule has 1 nitrogen and oxygen atoms in total. The van der Waals surface area contributed by atoms with Crippen molar-refractivity contribution in [1.29, 1.82) is 0 Å². The van der Waals surface area contributed by atoms with Gasteiger partial charge < -0.3 is 4.74 Å². The van der Waals surface area contributed by atoms with Crippen LogP contribution in [0.15, 0.2) is 12.1 Å². The summed E-state index contributed by atoms with van der Waals surface area (Å²) >= 11 is 0. The summed E-state index contributed by atoms with van der Waals surface area (Å²) in [6.07, 6.45) is 5.04. The highest BCUT2D eigenvalue weighted by atomic mass is 16.5. The SMILES string of the molecule is c1cc2c(c3c1CCC3)CCO2. The summed E-state index contributed by atoms with van der Waals surface area (Å²) in [5, 5.41) is 0. The van der Waals surface area contributed by atoms with E-state index in [1.54, 1.807) is 11.1 Å². The zero-order valence-corrected chi connectivity index (χ0v) is 7.10. The Labute approximate surface area is 72.4 Å². The van der Waals surface area contributed by atoms with Gasteiger partial charge in [0.15, 0.2) is 0 Å². The van der Waals surface area contributed by atoms with E-state index in [0.29, 0.717) is 0 Å². The van der Waals surface area contributed by atoms with Gasteiger partial charge in [0.1, 0.15) is 5.75 Å². The summed E-state index contributed by atoms with van der Waals surface area (Å²) in [5.74, 6) is 1.15. The third-order valence-electron chi connectivity index (χ3n) is 2.97. The average Bonchev–Trinajstić information content (AvgIpc) is 2.71. The largest absolute Gasteiger partial charge is 0.493 e. The van der Waals surface area contributed by atoms with Crippen LogP contribution in [0.25, 0.3) is 0 Å². The minimum Gasteiger partial charge on any atom is -0.493 e. The second-order valence-electron chi connectivity index (χ2n) is 3.63. The van der Waals surface area contributed by atoms with Crippen LogP contribution in [0.3, 0.4) is 0 Å². The molecule has 0 aromatic heterocycles. The predicted molar refractivity (Wildman–Crippen MR) is 47.7 cm³/mol. The van der Waals surface area contributed by atoms with Crippen LogP contribution in [-0.2, 0) is 19.3 Å². The van der Waals surface area contributed by atoms with Crippen molar-refractivity contribution in [3.05, 3.63) is 28.8 Å². The van der Waals surface area contributed by atoms with Crippen molar-refractivity contribution in [2.24, 2.45) is 0 Å². The molecule has 1 aliphatic heterocycles. The molecule has 0 atom stereocenters. The molecule has 0 radical (unpaired) electrons. The lowest BCUT2D eigenvalue weighted by molar-refractivity contribution is 0.357. The van der Waals surface area contributed by atoms with E-state index < -0.39 is 0 Å². The van der Waals surface area contributed by atoms with E-state index in [2.05, 4.69) is 12.1 Å². The van der Waals surface area contributed by atoms with Crippen LogP contribution < -0.4 is 4.74 Å². The molecule has 2 aliphatic rings. The second-order valence-corrected chi connectivity index (χ2v) is 3.63. The van der Waals surface area contributed by atoms with Gasteiger partial charge in [-0.25, -0.2) is 0 Å². The number of hydrogen-bond donors (Lipinski definition) is 0. The van der Waals surface area contributed by atoms with Crippen molar-refractivity contribution in [3.8, 4) is 5.75 Å². The highest BCUT2D eigenvalue weighted by Crippen LogP contribution is 2.35. The smallest absolute Gasteiger partial charge is 0.122 e. The van der Waals surface area contributed by atoms with Crippen molar-refractivity contribution >= 4 is 0 Å². The fourth-order valence-corrected chi connectivity index (χ4v) is 2.39. The molecule has 1 aromatic carbocycles. The lowest BCUT2D eigenvalue weighted by atomic mass is 10.0. The first-order valence-electron chi connectivity index (χ1n) is 4.71. The summed E-state index contributed by atoms with van der Waals surface area (Å²) in [4.78, 5) is 0. The first-order chi connectivity index (χ1) is 5.95. The molecular weight excluding hydrogens is 148 g/mol. The molecule has 0 spiro atoms. The van der Waals surface area contributed by atoms with Crippen molar-refractivity contribution in [2.75, 3.05) is 6.61 Å². The Kier molecular flexibility index (Phi) is 1.23. The van der Waals surface area contributed by atoms with Crippen LogP contribution >= 0.6 is 0 Å². The zero-order chi connectivity index (χ0) is 7.97. The highest BCUT2D eigenvalue weighted by Gasteiger charge is 2.21. The monoisotopic (exact) mass is 160 g/mol. The molecule has 3 rings (SSSR count). The molecule has 0 fully saturated rings. The third kappa shape index (κ3) is 0.739. The van der Waals surface area contributed by atoms with Gasteiger partial charge in [-0.05, 0) is 36.5 Å². The Hall–Kier alpha value is -0.980. The van der Waals surface area contributed by atoms with Crippen molar-refractivity contribution in [2.45, 2.75) is 25.7 Å². The van der Waals surface area contributed by atoms with Gasteiger partial charge in [0.05, 0.1) is 6.61 Å². The molecule has 0 amide bonds. The Bertz CT molecular complexity index is 295. The number of aryl methyl sites for hydroxylation is 1. The molecule has 0 N–H and O–H groups in total. The number of rotatable bonds is 0. The van der Waals surface area contributed by atoms with Gasteiger partial charge in [-0.15, -0.1) is 0 Å². The van der Waals surface area contributed by atoms with Gasteiger partial charge in [0, 0.05) is 12.0 Å². The summed E-state index contributed by atoms with van der Waals surface area (Å²) in [6, 6.07) is 4.39. The molecular formula is C11H12O. The lowest BCUT2D eigenvalue weighted by Crippen LogP contribution is -1.89. The summed E-state index contributed by atoms with van der Waals surface area (Å²) < 4.78 is 5.52. The quantitative estimate of drug-likeness (QED) is 0.564. The second kappa shape index (κ2) is 2.25. The van der Waals surface area contributed by atoms with E-state index in [1.165, 1.54) is 24.8 Å². The molecule has 1 heterocycles. The minimum atomic E-state index is 0.895. The van der Waals surface area contributed by atoms with Crippen LogP contribution in [0, 0.1) is 0 Å². The van der Waals surface area contributed by atoms with Crippen LogP contribution in [0.1, 0.15) is 23.1 Å². The van der Waals surface area contributed by atoms with Crippen molar-refractivity contribution in [1.82, 2.24) is 0 Å². The summed E-state index contributed by atoms with van der Waals surface area (Å²) in [5.41, 5.74) is 4.68.